The van der Waals surface area contributed by atoms with Gasteiger partial charge in [-0.1, -0.05) is 0 Å². The smallest absolute Gasteiger partial charge is 0.325 e. The summed E-state index contributed by atoms with van der Waals surface area (Å²) in [6.45, 7) is 1.77. The van der Waals surface area contributed by atoms with Crippen LogP contribution in [-0.4, -0.2) is 57.4 Å². The largest absolute Gasteiger partial charge is 0.465 e. The van der Waals surface area contributed by atoms with Gasteiger partial charge in [0.05, 0.1) is 12.4 Å². The molecule has 0 aromatic heterocycles. The third-order valence-electron chi connectivity index (χ3n) is 1.78. The van der Waals surface area contributed by atoms with E-state index in [1.807, 2.05) is 0 Å². The zero-order valence-corrected chi connectivity index (χ0v) is 10.5. The highest BCUT2D eigenvalue weighted by Gasteiger charge is 2.15. The maximum absolute atomic E-state index is 11.4. The van der Waals surface area contributed by atoms with Crippen molar-refractivity contribution in [3.8, 4) is 0 Å². The van der Waals surface area contributed by atoms with Crippen LogP contribution in [-0.2, 0) is 24.2 Å². The summed E-state index contributed by atoms with van der Waals surface area (Å²) in [5.74, 6) is -1.10. The van der Waals surface area contributed by atoms with Crippen LogP contribution in [0.1, 0.15) is 13.3 Å². The summed E-state index contributed by atoms with van der Waals surface area (Å²) in [5.41, 5.74) is 0. The fourth-order valence-corrected chi connectivity index (χ4v) is 1.50. The van der Waals surface area contributed by atoms with E-state index in [4.69, 9.17) is 0 Å². The van der Waals surface area contributed by atoms with Gasteiger partial charge >= 0.3 is 5.97 Å². The highest BCUT2D eigenvalue weighted by Crippen LogP contribution is 1.95. The molecule has 0 aliphatic carbocycles. The second-order valence-corrected chi connectivity index (χ2v) is 5.69. The Morgan fingerprint density at radius 3 is 2.31 bits per heavy atom. The SMILES string of the molecule is CCOC(=O)CN(C)C(=O)CCS(C)(=O)=O. The molecule has 0 fully saturated rings. The predicted molar refractivity (Wildman–Crippen MR) is 58.6 cm³/mol. The van der Waals surface area contributed by atoms with Gasteiger partial charge in [0, 0.05) is 19.7 Å². The first-order valence-corrected chi connectivity index (χ1v) is 6.89. The van der Waals surface area contributed by atoms with Crippen molar-refractivity contribution in [2.45, 2.75) is 13.3 Å². The number of rotatable bonds is 6. The van der Waals surface area contributed by atoms with Gasteiger partial charge in [0.1, 0.15) is 16.4 Å². The Kier molecular flexibility index (Phi) is 6.02. The van der Waals surface area contributed by atoms with Crippen molar-refractivity contribution < 1.29 is 22.7 Å². The van der Waals surface area contributed by atoms with Gasteiger partial charge in [0.25, 0.3) is 0 Å². The molecule has 0 saturated heterocycles. The molecule has 16 heavy (non-hydrogen) atoms. The van der Waals surface area contributed by atoms with Crippen molar-refractivity contribution in [2.75, 3.05) is 32.2 Å². The third kappa shape index (κ3) is 7.22. The Balaban J connectivity index is 4.05. The zero-order chi connectivity index (χ0) is 12.8. The van der Waals surface area contributed by atoms with Gasteiger partial charge in [-0.2, -0.15) is 0 Å². The maximum Gasteiger partial charge on any atom is 0.325 e. The summed E-state index contributed by atoms with van der Waals surface area (Å²) < 4.78 is 26.3. The Labute approximate surface area is 95.5 Å². The van der Waals surface area contributed by atoms with Crippen LogP contribution < -0.4 is 0 Å². The monoisotopic (exact) mass is 251 g/mol. The standard InChI is InChI=1S/C9H17NO5S/c1-4-15-9(12)7-10(2)8(11)5-6-16(3,13)14/h4-7H2,1-3H3. The van der Waals surface area contributed by atoms with E-state index in [0.29, 0.717) is 0 Å². The van der Waals surface area contributed by atoms with E-state index in [2.05, 4.69) is 4.74 Å². The molecule has 0 aromatic rings. The molecule has 0 spiro atoms. The molecule has 0 aliphatic rings. The Morgan fingerprint density at radius 1 is 1.31 bits per heavy atom. The van der Waals surface area contributed by atoms with E-state index < -0.39 is 21.7 Å². The summed E-state index contributed by atoms with van der Waals surface area (Å²) in [7, 11) is -1.72. The van der Waals surface area contributed by atoms with Crippen molar-refractivity contribution in [2.24, 2.45) is 0 Å². The number of hydrogen-bond donors (Lipinski definition) is 0. The molecule has 0 aromatic carbocycles. The summed E-state index contributed by atoms with van der Waals surface area (Å²) in [6.07, 6.45) is 0.945. The van der Waals surface area contributed by atoms with Gasteiger partial charge in [-0.25, -0.2) is 8.42 Å². The van der Waals surface area contributed by atoms with E-state index in [1.54, 1.807) is 6.92 Å². The lowest BCUT2D eigenvalue weighted by molar-refractivity contribution is -0.148. The van der Waals surface area contributed by atoms with E-state index >= 15 is 0 Å². The molecule has 0 bridgehead atoms. The van der Waals surface area contributed by atoms with Crippen LogP contribution in [0.4, 0.5) is 0 Å². The fourth-order valence-electron chi connectivity index (χ4n) is 0.952. The van der Waals surface area contributed by atoms with Crippen molar-refractivity contribution in [1.82, 2.24) is 4.90 Å². The van der Waals surface area contributed by atoms with Crippen LogP contribution in [0.5, 0.6) is 0 Å². The molecule has 0 rings (SSSR count). The topological polar surface area (TPSA) is 80.8 Å². The normalized spacial score (nSPS) is 10.9. The lowest BCUT2D eigenvalue weighted by Crippen LogP contribution is -2.33. The van der Waals surface area contributed by atoms with Crippen molar-refractivity contribution in [3.63, 3.8) is 0 Å². The molecule has 0 unspecified atom stereocenters. The summed E-state index contributed by atoms with van der Waals surface area (Å²) in [4.78, 5) is 23.6. The quantitative estimate of drug-likeness (QED) is 0.591. The molecule has 0 aliphatic heterocycles. The molecule has 0 saturated carbocycles. The minimum absolute atomic E-state index is 0.116. The van der Waals surface area contributed by atoms with Gasteiger partial charge in [-0.15, -0.1) is 0 Å². The first kappa shape index (κ1) is 14.9. The highest BCUT2D eigenvalue weighted by atomic mass is 32.2. The van der Waals surface area contributed by atoms with Gasteiger partial charge in [0.15, 0.2) is 0 Å². The zero-order valence-electron chi connectivity index (χ0n) is 9.73. The van der Waals surface area contributed by atoms with Gasteiger partial charge < -0.3 is 9.64 Å². The van der Waals surface area contributed by atoms with E-state index in [9.17, 15) is 18.0 Å². The molecule has 94 valence electrons. The average molecular weight is 251 g/mol. The molecule has 0 atom stereocenters. The van der Waals surface area contributed by atoms with Gasteiger partial charge in [-0.05, 0) is 6.92 Å². The minimum atomic E-state index is -3.16. The lowest BCUT2D eigenvalue weighted by atomic mass is 10.4. The number of amides is 1. The second kappa shape index (κ2) is 6.47. The first-order valence-electron chi connectivity index (χ1n) is 4.83. The van der Waals surface area contributed by atoms with Crippen LogP contribution in [0.3, 0.4) is 0 Å². The third-order valence-corrected chi connectivity index (χ3v) is 2.73. The lowest BCUT2D eigenvalue weighted by Gasteiger charge is -2.15. The number of nitrogens with zero attached hydrogens (tertiary/aromatic N) is 1. The molecule has 1 amide bonds. The molecule has 0 heterocycles. The van der Waals surface area contributed by atoms with Crippen LogP contribution in [0.2, 0.25) is 0 Å². The summed E-state index contributed by atoms with van der Waals surface area (Å²) >= 11 is 0. The van der Waals surface area contributed by atoms with Crippen LogP contribution in [0.15, 0.2) is 0 Å². The number of likely N-dealkylation sites (N-methyl/N-ethyl adjacent to an activating group) is 1. The molecule has 0 N–H and O–H groups in total. The van der Waals surface area contributed by atoms with E-state index in [0.717, 1.165) is 11.2 Å². The van der Waals surface area contributed by atoms with Crippen molar-refractivity contribution >= 4 is 21.7 Å². The highest BCUT2D eigenvalue weighted by molar-refractivity contribution is 7.90. The van der Waals surface area contributed by atoms with E-state index in [1.165, 1.54) is 7.05 Å². The number of sulfone groups is 1. The minimum Gasteiger partial charge on any atom is -0.465 e. The number of carbonyl (C=O) groups is 2. The molecule has 7 heteroatoms. The first-order chi connectivity index (χ1) is 7.26. The molecular formula is C9H17NO5S. The van der Waals surface area contributed by atoms with Crippen LogP contribution >= 0.6 is 0 Å². The maximum atomic E-state index is 11.4. The summed E-state index contributed by atoms with van der Waals surface area (Å²) in [6, 6.07) is 0. The van der Waals surface area contributed by atoms with Crippen LogP contribution in [0, 0.1) is 0 Å². The molecular weight excluding hydrogens is 234 g/mol. The predicted octanol–water partition coefficient (Wildman–Crippen LogP) is -0.557. The van der Waals surface area contributed by atoms with Gasteiger partial charge in [0.2, 0.25) is 5.91 Å². The number of esters is 1. The van der Waals surface area contributed by atoms with Crippen molar-refractivity contribution in [3.05, 3.63) is 0 Å². The second-order valence-electron chi connectivity index (χ2n) is 3.43. The van der Waals surface area contributed by atoms with Crippen LogP contribution in [0.25, 0.3) is 0 Å². The molecule has 6 nitrogen and oxygen atoms in total. The molecule has 0 radical (unpaired) electrons. The van der Waals surface area contributed by atoms with Crippen molar-refractivity contribution in [1.29, 1.82) is 0 Å². The summed E-state index contributed by atoms with van der Waals surface area (Å²) in [5, 5.41) is 0. The van der Waals surface area contributed by atoms with Gasteiger partial charge in [-0.3, -0.25) is 9.59 Å². The number of carbonyl (C=O) groups excluding carboxylic acids is 2. The fraction of sp³-hybridized carbons (Fsp3) is 0.778. The van der Waals surface area contributed by atoms with E-state index in [-0.39, 0.29) is 25.3 Å². The Hall–Kier alpha value is -1.11. The average Bonchev–Trinajstić information content (AvgIpc) is 2.13. The Morgan fingerprint density at radius 2 is 1.88 bits per heavy atom. The number of ether oxygens (including phenoxy) is 1. The Bertz CT molecular complexity index is 349. The number of hydrogen-bond acceptors (Lipinski definition) is 5.